The van der Waals surface area contributed by atoms with E-state index in [-0.39, 0.29) is 5.82 Å². The largest absolute Gasteiger partial charge is 0.480 e. The van der Waals surface area contributed by atoms with E-state index in [4.69, 9.17) is 9.84 Å². The third-order valence-corrected chi connectivity index (χ3v) is 3.26. The van der Waals surface area contributed by atoms with Crippen LogP contribution >= 0.6 is 0 Å². The van der Waals surface area contributed by atoms with Crippen LogP contribution in [0.1, 0.15) is 18.6 Å². The van der Waals surface area contributed by atoms with Crippen LogP contribution in [0, 0.1) is 5.82 Å². The van der Waals surface area contributed by atoms with Gasteiger partial charge in [-0.3, -0.25) is 9.69 Å². The lowest BCUT2D eigenvalue weighted by Gasteiger charge is -2.35. The van der Waals surface area contributed by atoms with E-state index in [0.717, 1.165) is 0 Å². The fraction of sp³-hybridized carbons (Fsp3) is 0.462. The molecule has 0 radical (unpaired) electrons. The van der Waals surface area contributed by atoms with E-state index in [9.17, 15) is 9.18 Å². The summed E-state index contributed by atoms with van der Waals surface area (Å²) in [6.07, 6.45) is -0.401. The van der Waals surface area contributed by atoms with Crippen LogP contribution in [0.3, 0.4) is 0 Å². The Kier molecular flexibility index (Phi) is 3.93. The summed E-state index contributed by atoms with van der Waals surface area (Å²) in [4.78, 5) is 12.7. The minimum atomic E-state index is -0.871. The van der Waals surface area contributed by atoms with Gasteiger partial charge in [0.25, 0.3) is 0 Å². The maximum atomic E-state index is 13.6. The maximum absolute atomic E-state index is 13.6. The summed E-state index contributed by atoms with van der Waals surface area (Å²) in [6, 6.07) is 5.86. The van der Waals surface area contributed by atoms with Crippen LogP contribution in [-0.2, 0) is 9.53 Å². The molecule has 0 bridgehead atoms. The van der Waals surface area contributed by atoms with Crippen molar-refractivity contribution >= 4 is 5.97 Å². The highest BCUT2D eigenvalue weighted by Crippen LogP contribution is 2.25. The molecule has 98 valence electrons. The van der Waals surface area contributed by atoms with Crippen molar-refractivity contribution < 1.29 is 19.0 Å². The van der Waals surface area contributed by atoms with E-state index < -0.39 is 18.1 Å². The number of hydrogen-bond donors (Lipinski definition) is 1. The Labute approximate surface area is 105 Å². The number of carbonyl (C=O) groups is 1. The fourth-order valence-electron chi connectivity index (χ4n) is 2.10. The Hall–Kier alpha value is -1.46. The first-order valence-corrected chi connectivity index (χ1v) is 5.92. The van der Waals surface area contributed by atoms with Crippen LogP contribution in [0.4, 0.5) is 4.39 Å². The maximum Gasteiger partial charge on any atom is 0.320 e. The van der Waals surface area contributed by atoms with Crippen LogP contribution in [0.25, 0.3) is 0 Å². The summed E-state index contributed by atoms with van der Waals surface area (Å²) in [6.45, 7) is 3.00. The average Bonchev–Trinajstić information content (AvgIpc) is 2.38. The second-order valence-electron chi connectivity index (χ2n) is 4.39. The highest BCUT2D eigenvalue weighted by Gasteiger charge is 2.29. The molecule has 5 heteroatoms. The van der Waals surface area contributed by atoms with Gasteiger partial charge < -0.3 is 9.84 Å². The number of nitrogens with zero attached hydrogens (tertiary/aromatic N) is 1. The Balaban J connectivity index is 2.12. The van der Waals surface area contributed by atoms with E-state index in [1.807, 2.05) is 0 Å². The van der Waals surface area contributed by atoms with Crippen molar-refractivity contribution in [2.75, 3.05) is 19.7 Å². The van der Waals surface area contributed by atoms with Crippen LogP contribution in [0.15, 0.2) is 24.3 Å². The van der Waals surface area contributed by atoms with E-state index in [2.05, 4.69) is 0 Å². The van der Waals surface area contributed by atoms with E-state index in [1.54, 1.807) is 30.0 Å². The smallest absolute Gasteiger partial charge is 0.320 e. The average molecular weight is 253 g/mol. The van der Waals surface area contributed by atoms with Gasteiger partial charge in [-0.15, -0.1) is 0 Å². The van der Waals surface area contributed by atoms with E-state index in [0.29, 0.717) is 25.3 Å². The lowest BCUT2D eigenvalue weighted by Crippen LogP contribution is -2.46. The number of aliphatic carboxylic acids is 1. The van der Waals surface area contributed by atoms with Gasteiger partial charge in [0.2, 0.25) is 0 Å². The predicted octanol–water partition coefficient (Wildman–Crippen LogP) is 1.67. The third kappa shape index (κ3) is 2.68. The summed E-state index contributed by atoms with van der Waals surface area (Å²) in [5, 5.41) is 8.99. The Morgan fingerprint density at radius 1 is 1.56 bits per heavy atom. The molecule has 1 N–H and O–H groups in total. The molecule has 0 amide bonds. The third-order valence-electron chi connectivity index (χ3n) is 3.26. The topological polar surface area (TPSA) is 49.8 Å². The molecule has 0 unspecified atom stereocenters. The van der Waals surface area contributed by atoms with Gasteiger partial charge in [-0.05, 0) is 13.0 Å². The van der Waals surface area contributed by atoms with Crippen molar-refractivity contribution in [2.24, 2.45) is 0 Å². The summed E-state index contributed by atoms with van der Waals surface area (Å²) < 4.78 is 19.2. The van der Waals surface area contributed by atoms with Gasteiger partial charge in [0.05, 0.1) is 12.7 Å². The second-order valence-corrected chi connectivity index (χ2v) is 4.39. The molecule has 0 aliphatic carbocycles. The first-order valence-electron chi connectivity index (χ1n) is 5.92. The van der Waals surface area contributed by atoms with E-state index >= 15 is 0 Å². The van der Waals surface area contributed by atoms with Crippen LogP contribution in [0.5, 0.6) is 0 Å². The molecule has 1 aromatic carbocycles. The van der Waals surface area contributed by atoms with Gasteiger partial charge in [-0.25, -0.2) is 4.39 Å². The minimum Gasteiger partial charge on any atom is -0.480 e. The van der Waals surface area contributed by atoms with Crippen LogP contribution < -0.4 is 0 Å². The molecular weight excluding hydrogens is 237 g/mol. The Morgan fingerprint density at radius 3 is 2.94 bits per heavy atom. The van der Waals surface area contributed by atoms with Crippen molar-refractivity contribution in [2.45, 2.75) is 19.1 Å². The molecular formula is C13H16FNO3. The van der Waals surface area contributed by atoms with Gasteiger partial charge >= 0.3 is 5.97 Å². The van der Waals surface area contributed by atoms with Gasteiger partial charge in [0.1, 0.15) is 11.9 Å². The molecule has 1 aliphatic rings. The van der Waals surface area contributed by atoms with Gasteiger partial charge in [-0.1, -0.05) is 18.2 Å². The minimum absolute atomic E-state index is 0.313. The number of rotatable bonds is 3. The fourth-order valence-corrected chi connectivity index (χ4v) is 2.10. The van der Waals surface area contributed by atoms with Crippen molar-refractivity contribution in [1.29, 1.82) is 0 Å². The van der Waals surface area contributed by atoms with Crippen molar-refractivity contribution in [3.05, 3.63) is 35.6 Å². The predicted molar refractivity (Wildman–Crippen MR) is 63.8 cm³/mol. The second kappa shape index (κ2) is 5.46. The van der Waals surface area contributed by atoms with Crippen molar-refractivity contribution in [3.63, 3.8) is 0 Å². The van der Waals surface area contributed by atoms with Gasteiger partial charge in [-0.2, -0.15) is 0 Å². The first kappa shape index (κ1) is 13.0. The summed E-state index contributed by atoms with van der Waals surface area (Å²) >= 11 is 0. The normalized spacial score (nSPS) is 22.7. The van der Waals surface area contributed by atoms with Crippen LogP contribution in [0.2, 0.25) is 0 Å². The quantitative estimate of drug-likeness (QED) is 0.890. The lowest BCUT2D eigenvalue weighted by atomic mass is 10.1. The number of carboxylic acids is 1. The zero-order valence-electron chi connectivity index (χ0n) is 10.2. The highest BCUT2D eigenvalue weighted by atomic mass is 19.1. The number of hydrogen-bond acceptors (Lipinski definition) is 3. The molecule has 2 rings (SSSR count). The monoisotopic (exact) mass is 253 g/mol. The molecule has 0 saturated carbocycles. The molecule has 18 heavy (non-hydrogen) atoms. The van der Waals surface area contributed by atoms with Crippen LogP contribution in [-0.4, -0.2) is 41.7 Å². The number of ether oxygens (including phenoxy) is 1. The lowest BCUT2D eigenvalue weighted by molar-refractivity contribution is -0.145. The Bertz CT molecular complexity index is 438. The SMILES string of the molecule is C[C@@H](C(=O)O)N1CCO[C@H](c2ccccc2F)C1. The number of morpholine rings is 1. The molecule has 4 nitrogen and oxygen atoms in total. The molecule has 1 aliphatic heterocycles. The molecule has 1 aromatic rings. The molecule has 0 aromatic heterocycles. The molecule has 1 fully saturated rings. The molecule has 2 atom stereocenters. The molecule has 0 spiro atoms. The number of benzene rings is 1. The summed E-state index contributed by atoms with van der Waals surface area (Å²) in [5.41, 5.74) is 0.486. The van der Waals surface area contributed by atoms with Crippen molar-refractivity contribution in [3.8, 4) is 0 Å². The van der Waals surface area contributed by atoms with E-state index in [1.165, 1.54) is 6.07 Å². The zero-order chi connectivity index (χ0) is 13.1. The molecule has 1 heterocycles. The van der Waals surface area contributed by atoms with Gasteiger partial charge in [0.15, 0.2) is 0 Å². The number of halogens is 1. The summed E-state index contributed by atoms with van der Waals surface area (Å²) in [5.74, 6) is -1.18. The standard InChI is InChI=1S/C13H16FNO3/c1-9(13(16)17)15-6-7-18-12(8-15)10-4-2-3-5-11(10)14/h2-5,9,12H,6-8H2,1H3,(H,16,17)/t9-,12-/m0/s1. The summed E-state index contributed by atoms with van der Waals surface area (Å²) in [7, 11) is 0. The molecule has 1 saturated heterocycles. The Morgan fingerprint density at radius 2 is 2.28 bits per heavy atom. The highest BCUT2D eigenvalue weighted by molar-refractivity contribution is 5.72. The zero-order valence-corrected chi connectivity index (χ0v) is 10.2. The number of carboxylic acid groups (broad SMARTS) is 1. The first-order chi connectivity index (χ1) is 8.59. The van der Waals surface area contributed by atoms with Crippen molar-refractivity contribution in [1.82, 2.24) is 4.90 Å². The van der Waals surface area contributed by atoms with Gasteiger partial charge in [0, 0.05) is 18.7 Å².